The van der Waals surface area contributed by atoms with E-state index in [1.54, 1.807) is 6.20 Å². The Kier molecular flexibility index (Phi) is 4.76. The number of benzene rings is 1. The molecule has 0 fully saturated rings. The number of anilines is 1. The van der Waals surface area contributed by atoms with Crippen LogP contribution in [0.25, 0.3) is 10.8 Å². The van der Waals surface area contributed by atoms with Gasteiger partial charge in [0.1, 0.15) is 0 Å². The Morgan fingerprint density at radius 2 is 2.06 bits per heavy atom. The van der Waals surface area contributed by atoms with Crippen LogP contribution in [0.4, 0.5) is 5.82 Å². The van der Waals surface area contributed by atoms with Crippen LogP contribution < -0.4 is 4.90 Å². The molecule has 0 radical (unpaired) electrons. The smallest absolute Gasteiger partial charge is 0.159 e. The maximum atomic E-state index is 5.89. The lowest BCUT2D eigenvalue weighted by Crippen LogP contribution is -2.28. The molecular weight excluding hydrogens is 246 g/mol. The van der Waals surface area contributed by atoms with Crippen molar-refractivity contribution < 1.29 is 0 Å². The highest BCUT2D eigenvalue weighted by molar-refractivity contribution is 6.18. The van der Waals surface area contributed by atoms with Crippen molar-refractivity contribution in [3.05, 3.63) is 30.5 Å². The van der Waals surface area contributed by atoms with E-state index in [0.29, 0.717) is 5.88 Å². The van der Waals surface area contributed by atoms with Gasteiger partial charge in [0, 0.05) is 29.7 Å². The van der Waals surface area contributed by atoms with E-state index in [2.05, 4.69) is 34.2 Å². The van der Waals surface area contributed by atoms with Crippen molar-refractivity contribution in [1.82, 2.24) is 10.2 Å². The number of halogens is 1. The summed E-state index contributed by atoms with van der Waals surface area (Å²) in [6.07, 6.45) is 4.11. The molecule has 1 aromatic carbocycles. The molecule has 0 saturated heterocycles. The Hall–Kier alpha value is -1.35. The van der Waals surface area contributed by atoms with E-state index in [0.717, 1.165) is 42.5 Å². The van der Waals surface area contributed by atoms with E-state index < -0.39 is 0 Å². The van der Waals surface area contributed by atoms with E-state index in [4.69, 9.17) is 11.6 Å². The molecule has 0 spiro atoms. The molecule has 1 heterocycles. The standard InChI is InChI=1S/C14H18ClN3/c1-2-3-9-18(10-8-15)14-13-7-5-4-6-12(13)11-16-17-14/h4-7,11H,2-3,8-10H2,1H3. The van der Waals surface area contributed by atoms with E-state index in [1.165, 1.54) is 0 Å². The third-order valence-corrected chi connectivity index (χ3v) is 3.16. The quantitative estimate of drug-likeness (QED) is 0.748. The van der Waals surface area contributed by atoms with Crippen LogP contribution in [0.3, 0.4) is 0 Å². The fraction of sp³-hybridized carbons (Fsp3) is 0.429. The van der Waals surface area contributed by atoms with Crippen molar-refractivity contribution in [2.45, 2.75) is 19.8 Å². The average molecular weight is 264 g/mol. The molecule has 0 aliphatic carbocycles. The van der Waals surface area contributed by atoms with Gasteiger partial charge in [-0.05, 0) is 6.42 Å². The molecule has 2 rings (SSSR count). The molecule has 0 aliphatic rings. The molecule has 96 valence electrons. The van der Waals surface area contributed by atoms with Gasteiger partial charge >= 0.3 is 0 Å². The monoisotopic (exact) mass is 263 g/mol. The average Bonchev–Trinajstić information content (AvgIpc) is 2.43. The van der Waals surface area contributed by atoms with Gasteiger partial charge in [0.2, 0.25) is 0 Å². The lowest BCUT2D eigenvalue weighted by atomic mass is 10.2. The zero-order valence-corrected chi connectivity index (χ0v) is 11.4. The van der Waals surface area contributed by atoms with Crippen molar-refractivity contribution in [2.24, 2.45) is 0 Å². The van der Waals surface area contributed by atoms with Crippen LogP contribution in [0.2, 0.25) is 0 Å². The number of fused-ring (bicyclic) bond motifs is 1. The predicted molar refractivity (Wildman–Crippen MR) is 77.4 cm³/mol. The molecule has 0 N–H and O–H groups in total. The summed E-state index contributed by atoms with van der Waals surface area (Å²) in [5.74, 6) is 1.55. The van der Waals surface area contributed by atoms with E-state index >= 15 is 0 Å². The minimum absolute atomic E-state index is 0.606. The summed E-state index contributed by atoms with van der Waals surface area (Å²) in [4.78, 5) is 2.23. The Morgan fingerprint density at radius 3 is 2.83 bits per heavy atom. The second kappa shape index (κ2) is 6.55. The lowest BCUT2D eigenvalue weighted by molar-refractivity contribution is 0.722. The molecule has 0 amide bonds. The van der Waals surface area contributed by atoms with E-state index in [9.17, 15) is 0 Å². The second-order valence-electron chi connectivity index (χ2n) is 4.29. The maximum Gasteiger partial charge on any atom is 0.159 e. The third kappa shape index (κ3) is 2.91. The zero-order valence-electron chi connectivity index (χ0n) is 10.6. The Bertz CT molecular complexity index is 496. The molecule has 0 bridgehead atoms. The van der Waals surface area contributed by atoms with Crippen molar-refractivity contribution >= 4 is 28.2 Å². The highest BCUT2D eigenvalue weighted by Gasteiger charge is 2.11. The normalized spacial score (nSPS) is 10.8. The number of aromatic nitrogens is 2. The molecule has 18 heavy (non-hydrogen) atoms. The number of alkyl halides is 1. The van der Waals surface area contributed by atoms with Gasteiger partial charge in [-0.2, -0.15) is 5.10 Å². The van der Waals surface area contributed by atoms with Crippen molar-refractivity contribution in [1.29, 1.82) is 0 Å². The number of rotatable bonds is 6. The molecule has 4 heteroatoms. The fourth-order valence-electron chi connectivity index (χ4n) is 2.02. The predicted octanol–water partition coefficient (Wildman–Crippen LogP) is 3.48. The van der Waals surface area contributed by atoms with Gasteiger partial charge in [0.05, 0.1) is 6.20 Å². The van der Waals surface area contributed by atoms with Crippen molar-refractivity contribution in [2.75, 3.05) is 23.9 Å². The van der Waals surface area contributed by atoms with Crippen LogP contribution in [0, 0.1) is 0 Å². The van der Waals surface area contributed by atoms with Gasteiger partial charge in [-0.1, -0.05) is 37.6 Å². The van der Waals surface area contributed by atoms with Crippen LogP contribution in [0.15, 0.2) is 30.5 Å². The first-order valence-electron chi connectivity index (χ1n) is 6.38. The summed E-state index contributed by atoms with van der Waals surface area (Å²) in [5.41, 5.74) is 0. The molecule has 0 unspecified atom stereocenters. The zero-order chi connectivity index (χ0) is 12.8. The fourth-order valence-corrected chi connectivity index (χ4v) is 2.23. The first-order valence-corrected chi connectivity index (χ1v) is 6.91. The van der Waals surface area contributed by atoms with Gasteiger partial charge in [0.25, 0.3) is 0 Å². The van der Waals surface area contributed by atoms with Gasteiger partial charge in [-0.25, -0.2) is 0 Å². The van der Waals surface area contributed by atoms with Crippen LogP contribution in [-0.4, -0.2) is 29.2 Å². The minimum atomic E-state index is 0.606. The molecule has 0 aliphatic heterocycles. The topological polar surface area (TPSA) is 29.0 Å². The summed E-state index contributed by atoms with van der Waals surface area (Å²) in [5, 5.41) is 10.7. The third-order valence-electron chi connectivity index (χ3n) is 2.99. The molecule has 1 aromatic heterocycles. The number of unbranched alkanes of at least 4 members (excludes halogenated alkanes) is 1. The summed E-state index contributed by atoms with van der Waals surface area (Å²) < 4.78 is 0. The molecule has 2 aromatic rings. The minimum Gasteiger partial charge on any atom is -0.353 e. The van der Waals surface area contributed by atoms with E-state index in [-0.39, 0.29) is 0 Å². The lowest BCUT2D eigenvalue weighted by Gasteiger charge is -2.23. The Morgan fingerprint density at radius 1 is 1.22 bits per heavy atom. The molecular formula is C14H18ClN3. The van der Waals surface area contributed by atoms with Gasteiger partial charge in [-0.15, -0.1) is 16.7 Å². The van der Waals surface area contributed by atoms with Crippen molar-refractivity contribution in [3.63, 3.8) is 0 Å². The maximum absolute atomic E-state index is 5.89. The first-order chi connectivity index (χ1) is 8.86. The highest BCUT2D eigenvalue weighted by atomic mass is 35.5. The van der Waals surface area contributed by atoms with Crippen LogP contribution >= 0.6 is 11.6 Å². The van der Waals surface area contributed by atoms with Crippen molar-refractivity contribution in [3.8, 4) is 0 Å². The number of hydrogen-bond acceptors (Lipinski definition) is 3. The highest BCUT2D eigenvalue weighted by Crippen LogP contribution is 2.23. The van der Waals surface area contributed by atoms with Gasteiger partial charge in [-0.3, -0.25) is 0 Å². The summed E-state index contributed by atoms with van der Waals surface area (Å²) in [6.45, 7) is 3.98. The molecule has 3 nitrogen and oxygen atoms in total. The summed E-state index contributed by atoms with van der Waals surface area (Å²) >= 11 is 5.89. The second-order valence-corrected chi connectivity index (χ2v) is 4.66. The molecule has 0 atom stereocenters. The number of nitrogens with zero attached hydrogens (tertiary/aromatic N) is 3. The first kappa shape index (κ1) is 13.1. The SMILES string of the molecule is CCCCN(CCCl)c1nncc2ccccc12. The largest absolute Gasteiger partial charge is 0.353 e. The van der Waals surface area contributed by atoms with Gasteiger partial charge < -0.3 is 4.90 Å². The summed E-state index contributed by atoms with van der Waals surface area (Å²) in [6, 6.07) is 8.21. The Labute approximate surface area is 113 Å². The summed E-state index contributed by atoms with van der Waals surface area (Å²) in [7, 11) is 0. The Balaban J connectivity index is 2.36. The van der Waals surface area contributed by atoms with Crippen LogP contribution in [0.1, 0.15) is 19.8 Å². The molecule has 0 saturated carbocycles. The van der Waals surface area contributed by atoms with Crippen LogP contribution in [0.5, 0.6) is 0 Å². The van der Waals surface area contributed by atoms with Gasteiger partial charge in [0.15, 0.2) is 5.82 Å². The van der Waals surface area contributed by atoms with E-state index in [1.807, 2.05) is 12.1 Å². The van der Waals surface area contributed by atoms with Crippen LogP contribution in [-0.2, 0) is 0 Å². The number of hydrogen-bond donors (Lipinski definition) is 0.